The van der Waals surface area contributed by atoms with Crippen molar-refractivity contribution in [2.24, 2.45) is 0 Å². The summed E-state index contributed by atoms with van der Waals surface area (Å²) >= 11 is 3.13. The van der Waals surface area contributed by atoms with Gasteiger partial charge in [-0.15, -0.1) is 0 Å². The minimum atomic E-state index is -0.503. The van der Waals surface area contributed by atoms with E-state index >= 15 is 0 Å². The Morgan fingerprint density at radius 3 is 2.75 bits per heavy atom. The third kappa shape index (κ3) is 1.83. The van der Waals surface area contributed by atoms with E-state index in [1.54, 1.807) is 12.1 Å². The van der Waals surface area contributed by atoms with Gasteiger partial charge in [-0.05, 0) is 28.1 Å². The maximum atomic E-state index is 12.4. The molecule has 0 unspecified atom stereocenters. The number of carbonyl (C=O) groups excluding carboxylic acids is 1. The number of aromatic nitrogens is 1. The third-order valence-electron chi connectivity index (χ3n) is 2.99. The zero-order chi connectivity index (χ0) is 14.3. The number of carbonyl (C=O) groups is 1. The van der Waals surface area contributed by atoms with Crippen LogP contribution in [0, 0.1) is 10.1 Å². The van der Waals surface area contributed by atoms with Crippen molar-refractivity contribution in [1.29, 1.82) is 0 Å². The molecule has 0 bridgehead atoms. The van der Waals surface area contributed by atoms with Crippen LogP contribution in [0.5, 0.6) is 0 Å². The van der Waals surface area contributed by atoms with Gasteiger partial charge in [-0.1, -0.05) is 6.07 Å². The van der Waals surface area contributed by atoms with Gasteiger partial charge in [-0.3, -0.25) is 14.9 Å². The molecule has 1 N–H and O–H groups in total. The van der Waals surface area contributed by atoms with Gasteiger partial charge >= 0.3 is 0 Å². The molecule has 100 valence electrons. The lowest BCUT2D eigenvalue weighted by Gasteiger charge is -1.98. The van der Waals surface area contributed by atoms with Gasteiger partial charge in [-0.25, -0.2) is 0 Å². The second-order valence-corrected chi connectivity index (χ2v) is 4.82. The SMILES string of the molecule is O=C(c1ccoc1Br)c1c[nH]c2cccc([N+](=O)[O-])c12. The van der Waals surface area contributed by atoms with Gasteiger partial charge in [-0.2, -0.15) is 0 Å². The Balaban J connectivity index is 2.25. The van der Waals surface area contributed by atoms with Crippen LogP contribution in [0.15, 0.2) is 45.8 Å². The van der Waals surface area contributed by atoms with Crippen LogP contribution in [0.25, 0.3) is 10.9 Å². The van der Waals surface area contributed by atoms with Gasteiger partial charge < -0.3 is 9.40 Å². The Labute approximate surface area is 120 Å². The zero-order valence-electron chi connectivity index (χ0n) is 9.92. The van der Waals surface area contributed by atoms with Gasteiger partial charge in [0.2, 0.25) is 0 Å². The van der Waals surface area contributed by atoms with Crippen molar-refractivity contribution in [2.45, 2.75) is 0 Å². The number of nitro benzene ring substituents is 1. The Morgan fingerprint density at radius 1 is 1.30 bits per heavy atom. The van der Waals surface area contributed by atoms with E-state index in [0.717, 1.165) is 0 Å². The second-order valence-electron chi connectivity index (χ2n) is 4.10. The van der Waals surface area contributed by atoms with Crippen molar-refractivity contribution in [1.82, 2.24) is 4.98 Å². The molecule has 2 aromatic heterocycles. The molecule has 0 aliphatic heterocycles. The maximum absolute atomic E-state index is 12.4. The van der Waals surface area contributed by atoms with E-state index < -0.39 is 4.92 Å². The van der Waals surface area contributed by atoms with E-state index in [0.29, 0.717) is 21.1 Å². The van der Waals surface area contributed by atoms with Gasteiger partial charge in [0.25, 0.3) is 5.69 Å². The molecule has 0 saturated carbocycles. The molecule has 2 heterocycles. The molecular formula is C13H7BrN2O4. The van der Waals surface area contributed by atoms with E-state index in [1.807, 2.05) is 0 Å². The minimum absolute atomic E-state index is 0.105. The second kappa shape index (κ2) is 4.61. The standard InChI is InChI=1S/C13H7BrN2O4/c14-13-7(4-5-20-13)12(17)8-6-15-9-2-1-3-10(11(8)9)16(18)19/h1-6,15H. The number of hydrogen-bond acceptors (Lipinski definition) is 4. The molecule has 7 heteroatoms. The van der Waals surface area contributed by atoms with Crippen LogP contribution >= 0.6 is 15.9 Å². The number of hydrogen-bond donors (Lipinski definition) is 1. The van der Waals surface area contributed by atoms with E-state index in [9.17, 15) is 14.9 Å². The monoisotopic (exact) mass is 334 g/mol. The van der Waals surface area contributed by atoms with E-state index in [1.165, 1.54) is 24.6 Å². The number of nitrogens with one attached hydrogen (secondary N) is 1. The number of benzene rings is 1. The van der Waals surface area contributed by atoms with Crippen LogP contribution in [-0.4, -0.2) is 15.7 Å². The van der Waals surface area contributed by atoms with Gasteiger partial charge in [0.15, 0.2) is 10.5 Å². The number of nitrogens with zero attached hydrogens (tertiary/aromatic N) is 1. The van der Waals surface area contributed by atoms with Crippen molar-refractivity contribution < 1.29 is 14.1 Å². The zero-order valence-corrected chi connectivity index (χ0v) is 11.5. The number of nitro groups is 1. The van der Waals surface area contributed by atoms with Crippen LogP contribution in [0.4, 0.5) is 5.69 Å². The van der Waals surface area contributed by atoms with E-state index in [-0.39, 0.29) is 17.0 Å². The van der Waals surface area contributed by atoms with Crippen molar-refractivity contribution in [3.8, 4) is 0 Å². The summed E-state index contributed by atoms with van der Waals surface area (Å²) in [6.45, 7) is 0. The summed E-state index contributed by atoms with van der Waals surface area (Å²) < 4.78 is 5.33. The van der Waals surface area contributed by atoms with Crippen LogP contribution in [0.3, 0.4) is 0 Å². The smallest absolute Gasteiger partial charge is 0.279 e. The first-order valence-corrected chi connectivity index (χ1v) is 6.41. The molecule has 20 heavy (non-hydrogen) atoms. The topological polar surface area (TPSA) is 89.1 Å². The van der Waals surface area contributed by atoms with Crippen molar-refractivity contribution in [2.75, 3.05) is 0 Å². The normalized spacial score (nSPS) is 10.8. The summed E-state index contributed by atoms with van der Waals surface area (Å²) in [6, 6.07) is 6.14. The highest BCUT2D eigenvalue weighted by molar-refractivity contribution is 9.10. The number of halogens is 1. The van der Waals surface area contributed by atoms with Crippen LogP contribution in [0.1, 0.15) is 15.9 Å². The minimum Gasteiger partial charge on any atom is -0.457 e. The number of non-ortho nitro benzene ring substituents is 1. The third-order valence-corrected chi connectivity index (χ3v) is 3.60. The van der Waals surface area contributed by atoms with Crippen LogP contribution < -0.4 is 0 Å². The molecule has 0 aliphatic rings. The van der Waals surface area contributed by atoms with Crippen molar-refractivity contribution >= 4 is 38.3 Å². The number of aromatic amines is 1. The predicted octanol–water partition coefficient (Wildman–Crippen LogP) is 3.66. The first kappa shape index (κ1) is 12.6. The Bertz CT molecular complexity index is 834. The first-order chi connectivity index (χ1) is 9.59. The molecule has 0 atom stereocenters. The van der Waals surface area contributed by atoms with E-state index in [4.69, 9.17) is 4.42 Å². The summed E-state index contributed by atoms with van der Waals surface area (Å²) in [7, 11) is 0. The summed E-state index contributed by atoms with van der Waals surface area (Å²) in [5.41, 5.74) is 1.01. The van der Waals surface area contributed by atoms with Crippen molar-refractivity contribution in [3.63, 3.8) is 0 Å². The maximum Gasteiger partial charge on any atom is 0.279 e. The Hall–Kier alpha value is -2.41. The summed E-state index contributed by atoms with van der Waals surface area (Å²) in [5.74, 6) is -0.342. The molecule has 6 nitrogen and oxygen atoms in total. The molecule has 0 amide bonds. The summed E-state index contributed by atoms with van der Waals surface area (Å²) in [6.07, 6.45) is 2.85. The average Bonchev–Trinajstić information content (AvgIpc) is 3.03. The number of fused-ring (bicyclic) bond motifs is 1. The molecule has 0 aliphatic carbocycles. The van der Waals surface area contributed by atoms with E-state index in [2.05, 4.69) is 20.9 Å². The fourth-order valence-electron chi connectivity index (χ4n) is 2.10. The van der Waals surface area contributed by atoms with Gasteiger partial charge in [0, 0.05) is 12.3 Å². The lowest BCUT2D eigenvalue weighted by atomic mass is 10.0. The van der Waals surface area contributed by atoms with Gasteiger partial charge in [0.1, 0.15) is 0 Å². The molecule has 0 fully saturated rings. The van der Waals surface area contributed by atoms with Crippen LogP contribution in [-0.2, 0) is 0 Å². The number of rotatable bonds is 3. The fraction of sp³-hybridized carbons (Fsp3) is 0. The number of furan rings is 1. The molecule has 1 aromatic carbocycles. The molecule has 0 spiro atoms. The molecule has 0 radical (unpaired) electrons. The highest BCUT2D eigenvalue weighted by Crippen LogP contribution is 2.31. The van der Waals surface area contributed by atoms with Gasteiger partial charge in [0.05, 0.1) is 33.2 Å². The highest BCUT2D eigenvalue weighted by Gasteiger charge is 2.23. The molecule has 3 aromatic rings. The number of H-pyrrole nitrogens is 1. The lowest BCUT2D eigenvalue weighted by molar-refractivity contribution is -0.383. The summed E-state index contributed by atoms with van der Waals surface area (Å²) in [5, 5.41) is 11.4. The quantitative estimate of drug-likeness (QED) is 0.449. The highest BCUT2D eigenvalue weighted by atomic mass is 79.9. The predicted molar refractivity (Wildman–Crippen MR) is 74.8 cm³/mol. The molecule has 0 saturated heterocycles. The molecular weight excluding hydrogens is 328 g/mol. The molecule has 3 rings (SSSR count). The van der Waals surface area contributed by atoms with Crippen molar-refractivity contribution in [3.05, 3.63) is 62.6 Å². The van der Waals surface area contributed by atoms with Crippen LogP contribution in [0.2, 0.25) is 0 Å². The first-order valence-electron chi connectivity index (χ1n) is 5.62. The number of ketones is 1. The largest absolute Gasteiger partial charge is 0.457 e. The fourth-order valence-corrected chi connectivity index (χ4v) is 2.52. The Kier molecular flexibility index (Phi) is 2.90. The lowest BCUT2D eigenvalue weighted by Crippen LogP contribution is -2.00. The summed E-state index contributed by atoms with van der Waals surface area (Å²) in [4.78, 5) is 25.9. The Morgan fingerprint density at radius 2 is 2.10 bits per heavy atom. The average molecular weight is 335 g/mol.